The molecule has 3 aromatic rings. The van der Waals surface area contributed by atoms with Crippen molar-refractivity contribution in [1.82, 2.24) is 4.98 Å². The average molecular weight is 306 g/mol. The third-order valence-corrected chi connectivity index (χ3v) is 3.53. The molecule has 1 N–H and O–H groups in total. The Morgan fingerprint density at radius 3 is 2.24 bits per heavy atom. The molecule has 3 nitrogen and oxygen atoms in total. The van der Waals surface area contributed by atoms with Gasteiger partial charge in [0.25, 0.3) is 0 Å². The first-order valence-corrected chi connectivity index (χ1v) is 6.69. The molecule has 5 heteroatoms. The Kier molecular flexibility index (Phi) is 3.47. The second kappa shape index (κ2) is 5.30. The molecular formula is C16H13ClFNO2. The summed E-state index contributed by atoms with van der Waals surface area (Å²) in [4.78, 5) is 3.07. The van der Waals surface area contributed by atoms with Crippen LogP contribution in [0, 0.1) is 5.82 Å². The molecule has 0 aliphatic rings. The lowest BCUT2D eigenvalue weighted by molar-refractivity contribution is 0.394. The van der Waals surface area contributed by atoms with Gasteiger partial charge in [-0.25, -0.2) is 4.39 Å². The van der Waals surface area contributed by atoms with Gasteiger partial charge in [0.15, 0.2) is 0 Å². The molecule has 108 valence electrons. The smallest absolute Gasteiger partial charge is 0.148 e. The summed E-state index contributed by atoms with van der Waals surface area (Å²) >= 11 is 5.88. The van der Waals surface area contributed by atoms with Crippen molar-refractivity contribution in [2.24, 2.45) is 0 Å². The van der Waals surface area contributed by atoms with Crippen LogP contribution in [0.1, 0.15) is 0 Å². The Labute approximate surface area is 126 Å². The first-order valence-electron chi connectivity index (χ1n) is 6.32. The number of aromatic nitrogens is 1. The maximum absolute atomic E-state index is 13.9. The number of ether oxygens (including phenoxy) is 2. The summed E-state index contributed by atoms with van der Waals surface area (Å²) in [7, 11) is 3.17. The third kappa shape index (κ3) is 2.54. The number of fused-ring (bicyclic) bond motifs is 1. The van der Waals surface area contributed by atoms with Crippen LogP contribution in [0.3, 0.4) is 0 Å². The maximum Gasteiger partial charge on any atom is 0.148 e. The van der Waals surface area contributed by atoms with Gasteiger partial charge in [0.1, 0.15) is 17.3 Å². The highest BCUT2D eigenvalue weighted by atomic mass is 35.5. The molecule has 0 aliphatic carbocycles. The summed E-state index contributed by atoms with van der Waals surface area (Å²) in [6.45, 7) is 0. The standard InChI is InChI=1S/C16H13ClFNO2/c1-20-12-4-9(5-13(8-12)21-2)15-6-10-3-11(17)7-14(18)16(10)19-15/h3-8,19H,1-2H3. The maximum atomic E-state index is 13.9. The highest BCUT2D eigenvalue weighted by Gasteiger charge is 2.10. The molecular weight excluding hydrogens is 293 g/mol. The summed E-state index contributed by atoms with van der Waals surface area (Å²) in [5, 5.41) is 1.09. The number of nitrogens with one attached hydrogen (secondary N) is 1. The molecule has 0 aliphatic heterocycles. The Morgan fingerprint density at radius 2 is 1.62 bits per heavy atom. The highest BCUT2D eigenvalue weighted by Crippen LogP contribution is 2.32. The van der Waals surface area contributed by atoms with E-state index in [1.807, 2.05) is 18.2 Å². The van der Waals surface area contributed by atoms with Crippen molar-refractivity contribution in [2.75, 3.05) is 14.2 Å². The van der Waals surface area contributed by atoms with Gasteiger partial charge in [-0.15, -0.1) is 0 Å². The second-order valence-corrected chi connectivity index (χ2v) is 5.07. The van der Waals surface area contributed by atoms with Crippen LogP contribution in [0.5, 0.6) is 11.5 Å². The van der Waals surface area contributed by atoms with Gasteiger partial charge in [0.05, 0.1) is 19.7 Å². The van der Waals surface area contributed by atoms with Crippen molar-refractivity contribution in [2.45, 2.75) is 0 Å². The van der Waals surface area contributed by atoms with Gasteiger partial charge < -0.3 is 14.5 Å². The summed E-state index contributed by atoms with van der Waals surface area (Å²) in [5.41, 5.74) is 2.04. The normalized spacial score (nSPS) is 10.9. The van der Waals surface area contributed by atoms with Gasteiger partial charge in [-0.1, -0.05) is 11.6 Å². The molecule has 0 atom stereocenters. The number of methoxy groups -OCH3 is 2. The van der Waals surface area contributed by atoms with Crippen LogP contribution in [-0.2, 0) is 0 Å². The third-order valence-electron chi connectivity index (χ3n) is 3.31. The lowest BCUT2D eigenvalue weighted by Gasteiger charge is -2.07. The Bertz CT molecular complexity index is 791. The van der Waals surface area contributed by atoms with Gasteiger partial charge >= 0.3 is 0 Å². The molecule has 0 radical (unpaired) electrons. The van der Waals surface area contributed by atoms with E-state index in [-0.39, 0.29) is 5.82 Å². The van der Waals surface area contributed by atoms with Crippen molar-refractivity contribution in [3.05, 3.63) is 47.2 Å². The minimum Gasteiger partial charge on any atom is -0.497 e. The molecule has 0 spiro atoms. The van der Waals surface area contributed by atoms with Crippen molar-refractivity contribution in [1.29, 1.82) is 0 Å². The number of H-pyrrole nitrogens is 1. The monoisotopic (exact) mass is 305 g/mol. The van der Waals surface area contributed by atoms with E-state index in [0.29, 0.717) is 22.0 Å². The fraction of sp³-hybridized carbons (Fsp3) is 0.125. The van der Waals surface area contributed by atoms with E-state index in [2.05, 4.69) is 4.98 Å². The lowest BCUT2D eigenvalue weighted by atomic mass is 10.1. The van der Waals surface area contributed by atoms with Crippen LogP contribution < -0.4 is 9.47 Å². The van der Waals surface area contributed by atoms with Crippen LogP contribution in [0.15, 0.2) is 36.4 Å². The average Bonchev–Trinajstić information content (AvgIpc) is 2.91. The van der Waals surface area contributed by atoms with E-state index >= 15 is 0 Å². The van der Waals surface area contributed by atoms with Crippen LogP contribution >= 0.6 is 11.6 Å². The zero-order valence-corrected chi connectivity index (χ0v) is 12.3. The Balaban J connectivity index is 2.18. The van der Waals surface area contributed by atoms with Crippen LogP contribution in [0.25, 0.3) is 22.2 Å². The van der Waals surface area contributed by atoms with Crippen molar-refractivity contribution in [3.63, 3.8) is 0 Å². The molecule has 0 amide bonds. The van der Waals surface area contributed by atoms with E-state index in [1.165, 1.54) is 6.07 Å². The van der Waals surface area contributed by atoms with Gasteiger partial charge in [-0.3, -0.25) is 0 Å². The molecule has 0 bridgehead atoms. The number of hydrogen-bond donors (Lipinski definition) is 1. The zero-order chi connectivity index (χ0) is 15.0. The Hall–Kier alpha value is -2.20. The molecule has 1 heterocycles. The molecule has 0 fully saturated rings. The van der Waals surface area contributed by atoms with E-state index in [1.54, 1.807) is 26.4 Å². The minimum atomic E-state index is -0.376. The van der Waals surface area contributed by atoms with E-state index < -0.39 is 0 Å². The highest BCUT2D eigenvalue weighted by molar-refractivity contribution is 6.31. The van der Waals surface area contributed by atoms with Crippen LogP contribution in [0.2, 0.25) is 5.02 Å². The summed E-state index contributed by atoms with van der Waals surface area (Å²) in [6, 6.07) is 10.3. The fourth-order valence-corrected chi connectivity index (χ4v) is 2.50. The van der Waals surface area contributed by atoms with Gasteiger partial charge in [-0.2, -0.15) is 0 Å². The summed E-state index contributed by atoms with van der Waals surface area (Å²) < 4.78 is 24.4. The predicted molar refractivity (Wildman–Crippen MR) is 81.8 cm³/mol. The summed E-state index contributed by atoms with van der Waals surface area (Å²) in [5.74, 6) is 0.960. The lowest BCUT2D eigenvalue weighted by Crippen LogP contribution is -1.88. The number of halogens is 2. The number of aromatic amines is 1. The number of hydrogen-bond acceptors (Lipinski definition) is 2. The summed E-state index contributed by atoms with van der Waals surface area (Å²) in [6.07, 6.45) is 0. The molecule has 0 unspecified atom stereocenters. The topological polar surface area (TPSA) is 34.2 Å². The molecule has 0 saturated carbocycles. The largest absolute Gasteiger partial charge is 0.497 e. The predicted octanol–water partition coefficient (Wildman–Crippen LogP) is 4.64. The molecule has 21 heavy (non-hydrogen) atoms. The van der Waals surface area contributed by atoms with Crippen LogP contribution in [-0.4, -0.2) is 19.2 Å². The fourth-order valence-electron chi connectivity index (χ4n) is 2.28. The van der Waals surface area contributed by atoms with Crippen molar-refractivity contribution < 1.29 is 13.9 Å². The molecule has 1 aromatic heterocycles. The molecule has 3 rings (SSSR count). The first kappa shape index (κ1) is 13.8. The van der Waals surface area contributed by atoms with Crippen molar-refractivity contribution in [3.8, 4) is 22.8 Å². The van der Waals surface area contributed by atoms with E-state index in [4.69, 9.17) is 21.1 Å². The SMILES string of the molecule is COc1cc(OC)cc(-c2cc3cc(Cl)cc(F)c3[nH]2)c1. The quantitative estimate of drug-likeness (QED) is 0.764. The van der Waals surface area contributed by atoms with Gasteiger partial charge in [0, 0.05) is 27.7 Å². The number of benzene rings is 2. The molecule has 2 aromatic carbocycles. The second-order valence-electron chi connectivity index (χ2n) is 4.64. The van der Waals surface area contributed by atoms with Gasteiger partial charge in [-0.05, 0) is 30.3 Å². The van der Waals surface area contributed by atoms with Crippen molar-refractivity contribution >= 4 is 22.5 Å². The van der Waals surface area contributed by atoms with Crippen LogP contribution in [0.4, 0.5) is 4.39 Å². The minimum absolute atomic E-state index is 0.369. The van der Waals surface area contributed by atoms with E-state index in [0.717, 1.165) is 16.6 Å². The molecule has 0 saturated heterocycles. The van der Waals surface area contributed by atoms with Gasteiger partial charge in [0.2, 0.25) is 0 Å². The zero-order valence-electron chi connectivity index (χ0n) is 11.5. The Morgan fingerprint density at radius 1 is 0.952 bits per heavy atom. The number of rotatable bonds is 3. The van der Waals surface area contributed by atoms with E-state index in [9.17, 15) is 4.39 Å². The first-order chi connectivity index (χ1) is 10.1.